The maximum atomic E-state index is 12.1. The third-order valence-corrected chi connectivity index (χ3v) is 3.13. The summed E-state index contributed by atoms with van der Waals surface area (Å²) >= 11 is 3.34. The summed E-state index contributed by atoms with van der Waals surface area (Å²) in [6.45, 7) is 0. The predicted molar refractivity (Wildman–Crippen MR) is 75.1 cm³/mol. The molecule has 0 saturated carbocycles. The number of pyridine rings is 1. The second kappa shape index (κ2) is 4.81. The van der Waals surface area contributed by atoms with Crippen molar-refractivity contribution >= 4 is 33.2 Å². The van der Waals surface area contributed by atoms with E-state index in [0.29, 0.717) is 11.3 Å². The minimum absolute atomic E-state index is 0.159. The second-order valence-corrected chi connectivity index (χ2v) is 4.89. The van der Waals surface area contributed by atoms with Crippen LogP contribution in [0.1, 0.15) is 10.4 Å². The number of nitrogens with zero attached hydrogens (tertiary/aromatic N) is 3. The number of halogens is 1. The standard InChI is InChI=1S/C13H9BrN4O/c14-10-3-1-2-9(6-10)13(19)16-11-4-5-12-17-15-8-18(12)7-11/h1-8H,(H,16,19). The number of anilines is 1. The van der Waals surface area contributed by atoms with Gasteiger partial charge in [0.05, 0.1) is 5.69 Å². The van der Waals surface area contributed by atoms with E-state index in [4.69, 9.17) is 0 Å². The van der Waals surface area contributed by atoms with Crippen molar-refractivity contribution in [1.82, 2.24) is 14.6 Å². The molecule has 1 N–H and O–H groups in total. The molecule has 0 radical (unpaired) electrons. The maximum absolute atomic E-state index is 12.1. The lowest BCUT2D eigenvalue weighted by Gasteiger charge is -2.05. The normalized spacial score (nSPS) is 10.6. The summed E-state index contributed by atoms with van der Waals surface area (Å²) in [6.07, 6.45) is 3.36. The first-order valence-corrected chi connectivity index (χ1v) is 6.38. The van der Waals surface area contributed by atoms with Gasteiger partial charge in [-0.25, -0.2) is 0 Å². The zero-order chi connectivity index (χ0) is 13.2. The molecule has 6 heteroatoms. The van der Waals surface area contributed by atoms with Crippen molar-refractivity contribution in [2.45, 2.75) is 0 Å². The molecule has 0 bridgehead atoms. The molecule has 0 fully saturated rings. The number of rotatable bonds is 2. The summed E-state index contributed by atoms with van der Waals surface area (Å²) in [5.41, 5.74) is 2.02. The van der Waals surface area contributed by atoms with Crippen molar-refractivity contribution in [3.05, 3.63) is 59.0 Å². The zero-order valence-corrected chi connectivity index (χ0v) is 11.3. The van der Waals surface area contributed by atoms with Crippen LogP contribution in [0.5, 0.6) is 0 Å². The molecule has 1 aromatic carbocycles. The highest BCUT2D eigenvalue weighted by Crippen LogP contribution is 2.14. The molecule has 0 saturated heterocycles. The summed E-state index contributed by atoms with van der Waals surface area (Å²) in [5, 5.41) is 10.5. The van der Waals surface area contributed by atoms with Gasteiger partial charge in [-0.1, -0.05) is 22.0 Å². The highest BCUT2D eigenvalue weighted by atomic mass is 79.9. The summed E-state index contributed by atoms with van der Waals surface area (Å²) < 4.78 is 2.62. The zero-order valence-electron chi connectivity index (χ0n) is 9.75. The summed E-state index contributed by atoms with van der Waals surface area (Å²) in [7, 11) is 0. The number of hydrogen-bond acceptors (Lipinski definition) is 3. The van der Waals surface area contributed by atoms with Gasteiger partial charge in [-0.05, 0) is 30.3 Å². The Bertz CT molecular complexity index is 753. The molecular formula is C13H9BrN4O. The third-order valence-electron chi connectivity index (χ3n) is 2.64. The van der Waals surface area contributed by atoms with Crippen molar-refractivity contribution in [1.29, 1.82) is 0 Å². The molecule has 0 aliphatic heterocycles. The fourth-order valence-electron chi connectivity index (χ4n) is 1.73. The van der Waals surface area contributed by atoms with Crippen LogP contribution >= 0.6 is 15.9 Å². The Hall–Kier alpha value is -2.21. The van der Waals surface area contributed by atoms with Crippen LogP contribution in [-0.4, -0.2) is 20.5 Å². The van der Waals surface area contributed by atoms with E-state index < -0.39 is 0 Å². The van der Waals surface area contributed by atoms with E-state index in [1.165, 1.54) is 0 Å². The van der Waals surface area contributed by atoms with E-state index in [0.717, 1.165) is 10.1 Å². The van der Waals surface area contributed by atoms with Crippen molar-refractivity contribution < 1.29 is 4.79 Å². The van der Waals surface area contributed by atoms with Crippen molar-refractivity contribution in [2.75, 3.05) is 5.32 Å². The van der Waals surface area contributed by atoms with E-state index in [2.05, 4.69) is 31.4 Å². The fourth-order valence-corrected chi connectivity index (χ4v) is 2.13. The van der Waals surface area contributed by atoms with Crippen molar-refractivity contribution in [2.24, 2.45) is 0 Å². The minimum atomic E-state index is -0.159. The number of carbonyl (C=O) groups is 1. The van der Waals surface area contributed by atoms with Gasteiger partial charge in [0.25, 0.3) is 5.91 Å². The molecule has 94 valence electrons. The summed E-state index contributed by atoms with van der Waals surface area (Å²) in [5.74, 6) is -0.159. The molecule has 0 spiro atoms. The Labute approximate surface area is 117 Å². The largest absolute Gasteiger partial charge is 0.321 e. The molecule has 3 aromatic rings. The number of benzene rings is 1. The van der Waals surface area contributed by atoms with Crippen LogP contribution in [0.4, 0.5) is 5.69 Å². The highest BCUT2D eigenvalue weighted by molar-refractivity contribution is 9.10. The lowest BCUT2D eigenvalue weighted by molar-refractivity contribution is 0.102. The quantitative estimate of drug-likeness (QED) is 0.790. The van der Waals surface area contributed by atoms with Crippen LogP contribution in [-0.2, 0) is 0 Å². The number of nitrogens with one attached hydrogen (secondary N) is 1. The van der Waals surface area contributed by atoms with E-state index in [1.807, 2.05) is 12.1 Å². The first-order valence-electron chi connectivity index (χ1n) is 5.59. The molecule has 0 aliphatic rings. The SMILES string of the molecule is O=C(Nc1ccc2nncn2c1)c1cccc(Br)c1. The maximum Gasteiger partial charge on any atom is 0.255 e. The molecule has 0 unspecified atom stereocenters. The predicted octanol–water partition coefficient (Wildman–Crippen LogP) is 2.74. The van der Waals surface area contributed by atoms with Crippen molar-refractivity contribution in [3.8, 4) is 0 Å². The van der Waals surface area contributed by atoms with Crippen LogP contribution in [0.2, 0.25) is 0 Å². The second-order valence-electron chi connectivity index (χ2n) is 3.98. The van der Waals surface area contributed by atoms with Gasteiger partial charge >= 0.3 is 0 Å². The molecule has 3 rings (SSSR count). The van der Waals surface area contributed by atoms with Crippen LogP contribution in [0.15, 0.2) is 53.4 Å². The average molecular weight is 317 g/mol. The molecular weight excluding hydrogens is 308 g/mol. The van der Waals surface area contributed by atoms with Gasteiger partial charge in [-0.15, -0.1) is 10.2 Å². The van der Waals surface area contributed by atoms with Gasteiger partial charge < -0.3 is 5.32 Å². The topological polar surface area (TPSA) is 59.3 Å². The number of amides is 1. The lowest BCUT2D eigenvalue weighted by atomic mass is 10.2. The molecule has 2 heterocycles. The van der Waals surface area contributed by atoms with Gasteiger partial charge in [0.2, 0.25) is 0 Å². The lowest BCUT2D eigenvalue weighted by Crippen LogP contribution is -2.12. The Morgan fingerprint density at radius 2 is 2.16 bits per heavy atom. The number of hydrogen-bond donors (Lipinski definition) is 1. The van der Waals surface area contributed by atoms with Crippen LogP contribution in [0, 0.1) is 0 Å². The van der Waals surface area contributed by atoms with Gasteiger partial charge in [0, 0.05) is 16.2 Å². The molecule has 0 aliphatic carbocycles. The molecule has 1 amide bonds. The molecule has 0 atom stereocenters. The van der Waals surface area contributed by atoms with Gasteiger partial charge in [-0.2, -0.15) is 0 Å². The van der Waals surface area contributed by atoms with Gasteiger partial charge in [-0.3, -0.25) is 9.20 Å². The Morgan fingerprint density at radius 1 is 1.26 bits per heavy atom. The number of fused-ring (bicyclic) bond motifs is 1. The Morgan fingerprint density at radius 3 is 3.00 bits per heavy atom. The van der Waals surface area contributed by atoms with E-state index in [-0.39, 0.29) is 5.91 Å². The highest BCUT2D eigenvalue weighted by Gasteiger charge is 2.07. The third kappa shape index (κ3) is 2.48. The number of aromatic nitrogens is 3. The van der Waals surface area contributed by atoms with Crippen LogP contribution in [0.25, 0.3) is 5.65 Å². The van der Waals surface area contributed by atoms with E-state index in [9.17, 15) is 4.79 Å². The average Bonchev–Trinajstić information content (AvgIpc) is 2.86. The summed E-state index contributed by atoms with van der Waals surface area (Å²) in [4.78, 5) is 12.1. The monoisotopic (exact) mass is 316 g/mol. The number of carbonyl (C=O) groups excluding carboxylic acids is 1. The fraction of sp³-hybridized carbons (Fsp3) is 0. The first kappa shape index (κ1) is 11.9. The van der Waals surface area contributed by atoms with E-state index in [1.54, 1.807) is 41.2 Å². The molecule has 19 heavy (non-hydrogen) atoms. The Kier molecular flexibility index (Phi) is 3.00. The van der Waals surface area contributed by atoms with Crippen LogP contribution < -0.4 is 5.32 Å². The smallest absolute Gasteiger partial charge is 0.255 e. The van der Waals surface area contributed by atoms with E-state index >= 15 is 0 Å². The summed E-state index contributed by atoms with van der Waals surface area (Å²) in [6, 6.07) is 10.8. The first-order chi connectivity index (χ1) is 9.22. The molecule has 5 nitrogen and oxygen atoms in total. The molecule has 2 aromatic heterocycles. The minimum Gasteiger partial charge on any atom is -0.321 e. The van der Waals surface area contributed by atoms with Gasteiger partial charge in [0.1, 0.15) is 6.33 Å². The van der Waals surface area contributed by atoms with Crippen LogP contribution in [0.3, 0.4) is 0 Å². The Balaban J connectivity index is 1.86. The van der Waals surface area contributed by atoms with Gasteiger partial charge in [0.15, 0.2) is 5.65 Å². The van der Waals surface area contributed by atoms with Crippen molar-refractivity contribution in [3.63, 3.8) is 0 Å².